The van der Waals surface area contributed by atoms with Gasteiger partial charge in [0.15, 0.2) is 0 Å². The van der Waals surface area contributed by atoms with Crippen LogP contribution in [-0.4, -0.2) is 25.7 Å². The Hall–Kier alpha value is -0.570. The summed E-state index contributed by atoms with van der Waals surface area (Å²) in [5, 5.41) is 3.43. The lowest BCUT2D eigenvalue weighted by molar-refractivity contribution is -0.143. The number of hydrogen-bond donors (Lipinski definition) is 1. The topological polar surface area (TPSA) is 38.3 Å². The van der Waals surface area contributed by atoms with E-state index in [1.165, 1.54) is 32.8 Å². The van der Waals surface area contributed by atoms with Gasteiger partial charge < -0.3 is 10.1 Å². The van der Waals surface area contributed by atoms with Gasteiger partial charge in [0.25, 0.3) is 0 Å². The van der Waals surface area contributed by atoms with Gasteiger partial charge in [-0.05, 0) is 30.6 Å². The molecular weight excluding hydrogens is 226 g/mol. The summed E-state index contributed by atoms with van der Waals surface area (Å²) in [6.45, 7) is 7.67. The predicted octanol–water partition coefficient (Wildman–Crippen LogP) is 3.13. The van der Waals surface area contributed by atoms with Crippen molar-refractivity contribution in [2.24, 2.45) is 11.3 Å². The summed E-state index contributed by atoms with van der Waals surface area (Å²) < 4.78 is 4.88. The fraction of sp³-hybridized carbons (Fsp3) is 0.933. The summed E-state index contributed by atoms with van der Waals surface area (Å²) >= 11 is 0. The lowest BCUT2D eigenvalue weighted by Gasteiger charge is -2.27. The molecule has 1 fully saturated rings. The first kappa shape index (κ1) is 15.5. The molecule has 0 heterocycles. The van der Waals surface area contributed by atoms with Gasteiger partial charge in [-0.15, -0.1) is 0 Å². The molecule has 0 amide bonds. The number of hydrogen-bond acceptors (Lipinski definition) is 3. The van der Waals surface area contributed by atoms with Crippen molar-refractivity contribution in [2.75, 3.05) is 13.7 Å². The molecule has 1 N–H and O–H groups in total. The van der Waals surface area contributed by atoms with Gasteiger partial charge in [0.2, 0.25) is 0 Å². The highest BCUT2D eigenvalue weighted by molar-refractivity contribution is 5.76. The predicted molar refractivity (Wildman–Crippen MR) is 74.5 cm³/mol. The minimum Gasteiger partial charge on any atom is -0.468 e. The molecule has 0 bridgehead atoms. The van der Waals surface area contributed by atoms with Crippen molar-refractivity contribution in [3.63, 3.8) is 0 Å². The Labute approximate surface area is 112 Å². The largest absolute Gasteiger partial charge is 0.468 e. The van der Waals surface area contributed by atoms with Crippen molar-refractivity contribution in [1.29, 1.82) is 0 Å². The molecular formula is C15H29NO2. The van der Waals surface area contributed by atoms with E-state index in [0.29, 0.717) is 5.92 Å². The molecule has 0 aromatic carbocycles. The van der Waals surface area contributed by atoms with E-state index >= 15 is 0 Å². The molecule has 3 heteroatoms. The second-order valence-corrected chi connectivity index (χ2v) is 6.34. The van der Waals surface area contributed by atoms with E-state index in [1.807, 2.05) is 0 Å². The van der Waals surface area contributed by atoms with Crippen LogP contribution in [0.1, 0.15) is 59.3 Å². The van der Waals surface area contributed by atoms with Gasteiger partial charge in [0.1, 0.15) is 6.04 Å². The average Bonchev–Trinajstić information content (AvgIpc) is 3.13. The van der Waals surface area contributed by atoms with Gasteiger partial charge in [0.05, 0.1) is 7.11 Å². The van der Waals surface area contributed by atoms with Crippen LogP contribution in [0, 0.1) is 11.3 Å². The molecule has 1 rings (SSSR count). The fourth-order valence-corrected chi connectivity index (χ4v) is 2.33. The van der Waals surface area contributed by atoms with Crippen LogP contribution in [0.3, 0.4) is 0 Å². The zero-order valence-electron chi connectivity index (χ0n) is 12.4. The standard InChI is InChI=1S/C15H29NO2/c1-5-6-7-10-15(2,3)11-16-13(12-8-9-12)14(17)18-4/h12-13,16H,5-11H2,1-4H3. The van der Waals surface area contributed by atoms with E-state index in [2.05, 4.69) is 26.1 Å². The maximum atomic E-state index is 11.7. The molecule has 1 saturated carbocycles. The SMILES string of the molecule is CCCCCC(C)(C)CNC(C(=O)OC)C1CC1. The number of carbonyl (C=O) groups excluding carboxylic acids is 1. The molecule has 1 aliphatic carbocycles. The van der Waals surface area contributed by atoms with Crippen molar-refractivity contribution in [3.05, 3.63) is 0 Å². The maximum absolute atomic E-state index is 11.7. The van der Waals surface area contributed by atoms with E-state index in [-0.39, 0.29) is 17.4 Å². The lowest BCUT2D eigenvalue weighted by atomic mass is 9.86. The van der Waals surface area contributed by atoms with Gasteiger partial charge >= 0.3 is 5.97 Å². The minimum atomic E-state index is -0.0955. The number of nitrogens with one attached hydrogen (secondary N) is 1. The van der Waals surface area contributed by atoms with Crippen LogP contribution in [0.25, 0.3) is 0 Å². The van der Waals surface area contributed by atoms with E-state index in [1.54, 1.807) is 0 Å². The molecule has 0 aliphatic heterocycles. The summed E-state index contributed by atoms with van der Waals surface area (Å²) in [6.07, 6.45) is 7.36. The molecule has 3 nitrogen and oxygen atoms in total. The third kappa shape index (κ3) is 5.38. The van der Waals surface area contributed by atoms with E-state index in [9.17, 15) is 4.79 Å². The Morgan fingerprint density at radius 1 is 1.39 bits per heavy atom. The molecule has 18 heavy (non-hydrogen) atoms. The smallest absolute Gasteiger partial charge is 0.323 e. The van der Waals surface area contributed by atoms with E-state index < -0.39 is 0 Å². The molecule has 1 aliphatic rings. The van der Waals surface area contributed by atoms with Crippen molar-refractivity contribution < 1.29 is 9.53 Å². The molecule has 0 aromatic heterocycles. The Morgan fingerprint density at radius 2 is 2.06 bits per heavy atom. The highest BCUT2D eigenvalue weighted by Crippen LogP contribution is 2.34. The van der Waals surface area contributed by atoms with Crippen LogP contribution >= 0.6 is 0 Å². The molecule has 0 spiro atoms. The third-order valence-electron chi connectivity index (χ3n) is 3.81. The number of unbranched alkanes of at least 4 members (excludes halogenated alkanes) is 2. The number of ether oxygens (including phenoxy) is 1. The quantitative estimate of drug-likeness (QED) is 0.508. The second-order valence-electron chi connectivity index (χ2n) is 6.34. The normalized spacial score (nSPS) is 17.6. The third-order valence-corrected chi connectivity index (χ3v) is 3.81. The van der Waals surface area contributed by atoms with Gasteiger partial charge in [0, 0.05) is 6.54 Å². The number of carbonyl (C=O) groups is 1. The van der Waals surface area contributed by atoms with Gasteiger partial charge in [-0.1, -0.05) is 40.0 Å². The number of esters is 1. The molecule has 1 unspecified atom stereocenters. The highest BCUT2D eigenvalue weighted by Gasteiger charge is 2.37. The van der Waals surface area contributed by atoms with E-state index in [0.717, 1.165) is 19.4 Å². The first-order valence-corrected chi connectivity index (χ1v) is 7.31. The van der Waals surface area contributed by atoms with E-state index in [4.69, 9.17) is 4.74 Å². The summed E-state index contributed by atoms with van der Waals surface area (Å²) in [4.78, 5) is 11.7. The zero-order chi connectivity index (χ0) is 13.6. The summed E-state index contributed by atoms with van der Waals surface area (Å²) in [5.74, 6) is 0.408. The van der Waals surface area contributed by atoms with Gasteiger partial charge in [-0.3, -0.25) is 4.79 Å². The Bertz CT molecular complexity index is 259. The zero-order valence-corrected chi connectivity index (χ0v) is 12.4. The van der Waals surface area contributed by atoms with Crippen molar-refractivity contribution in [2.45, 2.75) is 65.3 Å². The highest BCUT2D eigenvalue weighted by atomic mass is 16.5. The van der Waals surface area contributed by atoms with Crippen LogP contribution in [0.2, 0.25) is 0 Å². The van der Waals surface area contributed by atoms with Gasteiger partial charge in [-0.2, -0.15) is 0 Å². The fourth-order valence-electron chi connectivity index (χ4n) is 2.33. The minimum absolute atomic E-state index is 0.0829. The Balaban J connectivity index is 2.33. The molecule has 106 valence electrons. The first-order valence-electron chi connectivity index (χ1n) is 7.31. The second kappa shape index (κ2) is 7.13. The Kier molecular flexibility index (Phi) is 6.13. The number of methoxy groups -OCH3 is 1. The lowest BCUT2D eigenvalue weighted by Crippen LogP contribution is -2.43. The summed E-state index contributed by atoms with van der Waals surface area (Å²) in [7, 11) is 1.48. The molecule has 0 radical (unpaired) electrons. The molecule has 0 aromatic rings. The first-order chi connectivity index (χ1) is 8.50. The van der Waals surface area contributed by atoms with Crippen LogP contribution in [0.4, 0.5) is 0 Å². The Morgan fingerprint density at radius 3 is 2.56 bits per heavy atom. The number of rotatable bonds is 9. The van der Waals surface area contributed by atoms with Crippen LogP contribution in [0.15, 0.2) is 0 Å². The van der Waals surface area contributed by atoms with Crippen LogP contribution in [-0.2, 0) is 9.53 Å². The van der Waals surface area contributed by atoms with Crippen molar-refractivity contribution in [3.8, 4) is 0 Å². The van der Waals surface area contributed by atoms with Crippen molar-refractivity contribution in [1.82, 2.24) is 5.32 Å². The van der Waals surface area contributed by atoms with Crippen LogP contribution < -0.4 is 5.32 Å². The van der Waals surface area contributed by atoms with Gasteiger partial charge in [-0.25, -0.2) is 0 Å². The molecule has 0 saturated heterocycles. The van der Waals surface area contributed by atoms with Crippen LogP contribution in [0.5, 0.6) is 0 Å². The maximum Gasteiger partial charge on any atom is 0.323 e. The molecule has 1 atom stereocenters. The van der Waals surface area contributed by atoms with Crippen molar-refractivity contribution >= 4 is 5.97 Å². The summed E-state index contributed by atoms with van der Waals surface area (Å²) in [5.41, 5.74) is 0.260. The monoisotopic (exact) mass is 255 g/mol. The summed E-state index contributed by atoms with van der Waals surface area (Å²) in [6, 6.07) is -0.0829. The average molecular weight is 255 g/mol.